The highest BCUT2D eigenvalue weighted by atomic mass is 14.7. The quantitative estimate of drug-likeness (QED) is 0.187. The fourth-order valence-corrected chi connectivity index (χ4v) is 7.72. The number of aromatic nitrogens is 1. The molecule has 6 aromatic carbocycles. The first-order valence-corrected chi connectivity index (χ1v) is 16.4. The molecule has 46 heavy (non-hydrogen) atoms. The van der Waals surface area contributed by atoms with Crippen LogP contribution >= 0.6 is 0 Å². The minimum absolute atomic E-state index is 1.01. The number of aryl methyl sites for hydroxylation is 1. The van der Waals surface area contributed by atoms with E-state index in [-0.39, 0.29) is 0 Å². The molecular formula is C45H33N. The second kappa shape index (κ2) is 11.1. The minimum atomic E-state index is 1.01. The van der Waals surface area contributed by atoms with Crippen LogP contribution in [0.1, 0.15) is 41.6 Å². The van der Waals surface area contributed by atoms with Crippen molar-refractivity contribution in [2.75, 3.05) is 0 Å². The van der Waals surface area contributed by atoms with Crippen molar-refractivity contribution < 1.29 is 0 Å². The Morgan fingerprint density at radius 1 is 0.478 bits per heavy atom. The van der Waals surface area contributed by atoms with E-state index in [9.17, 15) is 0 Å². The summed E-state index contributed by atoms with van der Waals surface area (Å²) in [5.74, 6) is 0. The second-order valence-corrected chi connectivity index (χ2v) is 12.5. The van der Waals surface area contributed by atoms with Gasteiger partial charge in [0.2, 0.25) is 0 Å². The Bertz CT molecular complexity index is 2420. The molecule has 0 amide bonds. The van der Waals surface area contributed by atoms with E-state index in [1.807, 2.05) is 0 Å². The van der Waals surface area contributed by atoms with E-state index in [0.717, 1.165) is 42.6 Å². The van der Waals surface area contributed by atoms with E-state index in [4.69, 9.17) is 4.98 Å². The standard InChI is InChI=1S/C45H33N/c1-2-14-32-28-34(27-26-30(32)12-1)43-25-11-24-42(46-43)33-16-9-17-35(29-33)44-38-19-5-7-21-40(38)45(41-22-8-6-20-39(41)44)37-23-10-15-31-13-3-4-18-36(31)37/h1-9,11-22,24-25,28-29H,10,23,26-27H2. The number of fused-ring (bicyclic) bond motifs is 4. The Morgan fingerprint density at radius 3 is 1.96 bits per heavy atom. The molecule has 0 N–H and O–H groups in total. The fraction of sp³-hybridized carbons (Fsp3) is 0.0889. The van der Waals surface area contributed by atoms with Crippen LogP contribution in [0.25, 0.3) is 67.2 Å². The molecule has 0 saturated carbocycles. The lowest BCUT2D eigenvalue weighted by Crippen LogP contribution is -2.29. The minimum Gasteiger partial charge on any atom is -0.248 e. The summed E-state index contributed by atoms with van der Waals surface area (Å²) >= 11 is 0. The average molecular weight is 588 g/mol. The van der Waals surface area contributed by atoms with E-state index < -0.39 is 0 Å². The van der Waals surface area contributed by atoms with Crippen LogP contribution in [0.2, 0.25) is 0 Å². The van der Waals surface area contributed by atoms with Gasteiger partial charge in [0.25, 0.3) is 0 Å². The van der Waals surface area contributed by atoms with Gasteiger partial charge >= 0.3 is 0 Å². The molecule has 0 spiro atoms. The van der Waals surface area contributed by atoms with Gasteiger partial charge in [-0.3, -0.25) is 0 Å². The Morgan fingerprint density at radius 2 is 1.13 bits per heavy atom. The zero-order chi connectivity index (χ0) is 30.5. The third-order valence-electron chi connectivity index (χ3n) is 9.85. The van der Waals surface area contributed by atoms with Crippen LogP contribution in [0, 0.1) is 0 Å². The summed E-state index contributed by atoms with van der Waals surface area (Å²) in [5.41, 5.74) is 12.6. The normalized spacial score (nSPS) is 14.0. The van der Waals surface area contributed by atoms with Crippen LogP contribution in [0.5, 0.6) is 0 Å². The van der Waals surface area contributed by atoms with Crippen molar-refractivity contribution in [3.05, 3.63) is 172 Å². The lowest BCUT2D eigenvalue weighted by Gasteiger charge is -2.21. The Kier molecular flexibility index (Phi) is 6.49. The topological polar surface area (TPSA) is 12.9 Å². The predicted molar refractivity (Wildman–Crippen MR) is 195 cm³/mol. The first-order chi connectivity index (χ1) is 22.8. The van der Waals surface area contributed by atoms with Crippen LogP contribution in [0.4, 0.5) is 0 Å². The summed E-state index contributed by atoms with van der Waals surface area (Å²) in [6.45, 7) is 0. The highest BCUT2D eigenvalue weighted by Crippen LogP contribution is 2.43. The van der Waals surface area contributed by atoms with Gasteiger partial charge in [0, 0.05) is 5.56 Å². The van der Waals surface area contributed by atoms with Gasteiger partial charge in [-0.2, -0.15) is 0 Å². The summed E-state index contributed by atoms with van der Waals surface area (Å²) in [5, 5.41) is 7.93. The van der Waals surface area contributed by atoms with Crippen LogP contribution < -0.4 is 10.4 Å². The van der Waals surface area contributed by atoms with Gasteiger partial charge in [0.05, 0.1) is 11.4 Å². The maximum absolute atomic E-state index is 5.22. The summed E-state index contributed by atoms with van der Waals surface area (Å²) < 4.78 is 0. The van der Waals surface area contributed by atoms with Crippen molar-refractivity contribution in [3.63, 3.8) is 0 Å². The molecule has 7 aromatic rings. The number of hydrogen-bond acceptors (Lipinski definition) is 1. The van der Waals surface area contributed by atoms with Gasteiger partial charge in [-0.25, -0.2) is 4.98 Å². The van der Waals surface area contributed by atoms with Crippen LogP contribution in [-0.2, 0) is 6.42 Å². The fourth-order valence-electron chi connectivity index (χ4n) is 7.72. The molecule has 0 atom stereocenters. The van der Waals surface area contributed by atoms with Gasteiger partial charge in [0.1, 0.15) is 0 Å². The zero-order valence-corrected chi connectivity index (χ0v) is 25.7. The third kappa shape index (κ3) is 4.51. The summed E-state index contributed by atoms with van der Waals surface area (Å²) in [6.07, 6.45) is 8.89. The molecule has 0 radical (unpaired) electrons. The number of nitrogens with zero attached hydrogens (tertiary/aromatic N) is 1. The van der Waals surface area contributed by atoms with E-state index in [0.29, 0.717) is 0 Å². The number of allylic oxidation sites excluding steroid dienone is 1. The molecule has 9 rings (SSSR count). The number of rotatable bonds is 4. The Balaban J connectivity index is 1.22. The van der Waals surface area contributed by atoms with E-state index in [1.54, 1.807) is 0 Å². The van der Waals surface area contributed by atoms with Crippen LogP contribution in [-0.4, -0.2) is 4.98 Å². The Labute approximate surface area is 269 Å². The number of hydrogen-bond donors (Lipinski definition) is 0. The SMILES string of the molecule is C1=C(c2cccc(-c3cccc(-c4c5ccccc5c(C5=c6ccccc6=CCC5)c5ccccc45)c3)n2)CCc2ccccc21. The number of benzene rings is 6. The molecule has 0 fully saturated rings. The average Bonchev–Trinajstić information content (AvgIpc) is 3.13. The largest absolute Gasteiger partial charge is 0.248 e. The summed E-state index contributed by atoms with van der Waals surface area (Å²) in [4.78, 5) is 5.22. The monoisotopic (exact) mass is 587 g/mol. The number of pyridine rings is 1. The van der Waals surface area contributed by atoms with Crippen molar-refractivity contribution in [1.29, 1.82) is 0 Å². The molecule has 218 valence electrons. The smallest absolute Gasteiger partial charge is 0.0709 e. The van der Waals surface area contributed by atoms with Crippen molar-refractivity contribution in [2.24, 2.45) is 0 Å². The molecule has 0 unspecified atom stereocenters. The maximum Gasteiger partial charge on any atom is 0.0709 e. The molecule has 2 aliphatic carbocycles. The van der Waals surface area contributed by atoms with E-state index in [2.05, 4.69) is 152 Å². The molecule has 0 saturated heterocycles. The van der Waals surface area contributed by atoms with Crippen molar-refractivity contribution in [2.45, 2.75) is 25.7 Å². The molecular weight excluding hydrogens is 555 g/mol. The molecule has 0 bridgehead atoms. The van der Waals surface area contributed by atoms with E-state index in [1.165, 1.54) is 70.9 Å². The van der Waals surface area contributed by atoms with Crippen molar-refractivity contribution >= 4 is 44.8 Å². The van der Waals surface area contributed by atoms with E-state index >= 15 is 0 Å². The second-order valence-electron chi connectivity index (χ2n) is 12.5. The zero-order valence-electron chi connectivity index (χ0n) is 25.7. The molecule has 2 aliphatic rings. The van der Waals surface area contributed by atoms with Gasteiger partial charge in [-0.1, -0.05) is 127 Å². The molecule has 1 heteroatoms. The summed E-state index contributed by atoms with van der Waals surface area (Å²) in [7, 11) is 0. The highest BCUT2D eigenvalue weighted by molar-refractivity contribution is 6.18. The first kappa shape index (κ1) is 26.8. The van der Waals surface area contributed by atoms with Gasteiger partial charge < -0.3 is 0 Å². The van der Waals surface area contributed by atoms with Gasteiger partial charge in [0.15, 0.2) is 0 Å². The van der Waals surface area contributed by atoms with Gasteiger partial charge in [-0.15, -0.1) is 0 Å². The molecule has 1 nitrogen and oxygen atoms in total. The molecule has 0 aliphatic heterocycles. The molecule has 1 heterocycles. The molecule has 1 aromatic heterocycles. The summed E-state index contributed by atoms with van der Waals surface area (Å²) in [6, 6.07) is 51.0. The highest BCUT2D eigenvalue weighted by Gasteiger charge is 2.20. The van der Waals surface area contributed by atoms with Crippen molar-refractivity contribution in [1.82, 2.24) is 4.98 Å². The first-order valence-electron chi connectivity index (χ1n) is 16.4. The predicted octanol–water partition coefficient (Wildman–Crippen LogP) is 9.98. The van der Waals surface area contributed by atoms with Crippen LogP contribution in [0.15, 0.2) is 140 Å². The lowest BCUT2D eigenvalue weighted by atomic mass is 9.83. The lowest BCUT2D eigenvalue weighted by molar-refractivity contribution is 0.991. The van der Waals surface area contributed by atoms with Crippen LogP contribution in [0.3, 0.4) is 0 Å². The Hall–Kier alpha value is -5.53. The van der Waals surface area contributed by atoms with Gasteiger partial charge in [-0.05, 0) is 121 Å². The third-order valence-corrected chi connectivity index (χ3v) is 9.85. The van der Waals surface area contributed by atoms with Crippen molar-refractivity contribution in [3.8, 4) is 22.4 Å². The maximum atomic E-state index is 5.22.